The van der Waals surface area contributed by atoms with E-state index in [0.717, 1.165) is 15.6 Å². The van der Waals surface area contributed by atoms with Gasteiger partial charge in [0.05, 0.1) is 6.04 Å². The molecule has 4 heteroatoms. The lowest BCUT2D eigenvalue weighted by Gasteiger charge is -2.17. The van der Waals surface area contributed by atoms with Crippen LogP contribution in [0.1, 0.15) is 22.7 Å². The number of nitrogens with two attached hydrogens (primary N) is 1. The van der Waals surface area contributed by atoms with Crippen molar-refractivity contribution < 1.29 is 4.39 Å². The Bertz CT molecular complexity index is 572. The average molecular weight is 323 g/mol. The predicted octanol–water partition coefficient (Wildman–Crippen LogP) is 3.64. The van der Waals surface area contributed by atoms with Gasteiger partial charge in [0.15, 0.2) is 0 Å². The van der Waals surface area contributed by atoms with Crippen LogP contribution in [-0.2, 0) is 6.42 Å². The fourth-order valence-corrected chi connectivity index (χ4v) is 2.52. The van der Waals surface area contributed by atoms with Gasteiger partial charge in [0.2, 0.25) is 0 Å². The number of rotatable bonds is 4. The Balaban J connectivity index is 2.25. The van der Waals surface area contributed by atoms with Crippen LogP contribution in [0.15, 0.2) is 46.9 Å². The minimum absolute atomic E-state index is 0.224. The molecule has 19 heavy (non-hydrogen) atoms. The second-order valence-electron chi connectivity index (χ2n) is 4.58. The number of aryl methyl sites for hydroxylation is 1. The van der Waals surface area contributed by atoms with E-state index in [-0.39, 0.29) is 11.9 Å². The molecule has 0 bridgehead atoms. The number of nitrogens with one attached hydrogen (secondary N) is 1. The summed E-state index contributed by atoms with van der Waals surface area (Å²) >= 11 is 3.43. The summed E-state index contributed by atoms with van der Waals surface area (Å²) in [4.78, 5) is 0. The van der Waals surface area contributed by atoms with Crippen molar-refractivity contribution in [3.05, 3.63) is 69.4 Å². The normalized spacial score (nSPS) is 12.4. The van der Waals surface area contributed by atoms with Crippen molar-refractivity contribution in [1.29, 1.82) is 0 Å². The highest BCUT2D eigenvalue weighted by Crippen LogP contribution is 2.23. The van der Waals surface area contributed by atoms with Gasteiger partial charge in [-0.3, -0.25) is 11.3 Å². The zero-order valence-electron chi connectivity index (χ0n) is 10.7. The molecule has 1 unspecified atom stereocenters. The molecule has 0 amide bonds. The third kappa shape index (κ3) is 3.62. The molecule has 0 spiro atoms. The summed E-state index contributed by atoms with van der Waals surface area (Å²) in [6.45, 7) is 1.87. The zero-order valence-corrected chi connectivity index (χ0v) is 12.2. The van der Waals surface area contributed by atoms with Crippen LogP contribution in [0.5, 0.6) is 0 Å². The summed E-state index contributed by atoms with van der Waals surface area (Å²) in [5, 5.41) is 0. The van der Waals surface area contributed by atoms with Crippen LogP contribution in [0.2, 0.25) is 0 Å². The third-order valence-corrected chi connectivity index (χ3v) is 3.55. The highest BCUT2D eigenvalue weighted by atomic mass is 79.9. The van der Waals surface area contributed by atoms with Crippen LogP contribution in [-0.4, -0.2) is 0 Å². The highest BCUT2D eigenvalue weighted by Gasteiger charge is 2.15. The smallest absolute Gasteiger partial charge is 0.128 e. The molecule has 2 aromatic carbocycles. The maximum absolute atomic E-state index is 14.0. The zero-order chi connectivity index (χ0) is 13.8. The first-order valence-electron chi connectivity index (χ1n) is 6.07. The van der Waals surface area contributed by atoms with Gasteiger partial charge in [0.1, 0.15) is 5.82 Å². The predicted molar refractivity (Wildman–Crippen MR) is 79.0 cm³/mol. The van der Waals surface area contributed by atoms with Crippen LogP contribution >= 0.6 is 15.9 Å². The van der Waals surface area contributed by atoms with Crippen LogP contribution in [0, 0.1) is 12.7 Å². The fourth-order valence-electron chi connectivity index (χ4n) is 2.07. The maximum Gasteiger partial charge on any atom is 0.128 e. The molecule has 0 radical (unpaired) electrons. The van der Waals surface area contributed by atoms with E-state index in [1.54, 1.807) is 6.07 Å². The minimum atomic E-state index is -0.241. The number of hydrazine groups is 1. The molecule has 2 nitrogen and oxygen atoms in total. The molecule has 0 aromatic heterocycles. The van der Waals surface area contributed by atoms with Crippen LogP contribution < -0.4 is 11.3 Å². The molecule has 0 aliphatic carbocycles. The molecule has 1 atom stereocenters. The van der Waals surface area contributed by atoms with Gasteiger partial charge in [-0.05, 0) is 42.7 Å². The van der Waals surface area contributed by atoms with Gasteiger partial charge < -0.3 is 0 Å². The lowest BCUT2D eigenvalue weighted by atomic mass is 9.98. The van der Waals surface area contributed by atoms with Crippen molar-refractivity contribution in [3.8, 4) is 0 Å². The quantitative estimate of drug-likeness (QED) is 0.666. The third-order valence-electron chi connectivity index (χ3n) is 3.06. The summed E-state index contributed by atoms with van der Waals surface area (Å²) in [5.41, 5.74) is 5.28. The van der Waals surface area contributed by atoms with Gasteiger partial charge >= 0.3 is 0 Å². The molecule has 0 saturated heterocycles. The standard InChI is InChI=1S/C15H16BrFN2/c1-10-5-6-13(14(17)7-10)15(19-18)9-11-3-2-4-12(16)8-11/h2-8,15,19H,9,18H2,1H3. The summed E-state index contributed by atoms with van der Waals surface area (Å²) in [5.74, 6) is 5.35. The number of benzene rings is 2. The van der Waals surface area contributed by atoms with E-state index in [2.05, 4.69) is 21.4 Å². The summed E-state index contributed by atoms with van der Waals surface area (Å²) in [7, 11) is 0. The highest BCUT2D eigenvalue weighted by molar-refractivity contribution is 9.10. The Labute approximate surface area is 120 Å². The van der Waals surface area contributed by atoms with E-state index in [1.165, 1.54) is 6.07 Å². The first-order valence-corrected chi connectivity index (χ1v) is 6.86. The SMILES string of the molecule is Cc1ccc(C(Cc2cccc(Br)c2)NN)c(F)c1. The number of halogens is 2. The Morgan fingerprint density at radius 2 is 2.05 bits per heavy atom. The number of hydrogen-bond donors (Lipinski definition) is 2. The van der Waals surface area contributed by atoms with E-state index < -0.39 is 0 Å². The second-order valence-corrected chi connectivity index (χ2v) is 5.49. The summed E-state index contributed by atoms with van der Waals surface area (Å²) < 4.78 is 15.0. The average Bonchev–Trinajstić information content (AvgIpc) is 2.37. The molecule has 0 fully saturated rings. The Morgan fingerprint density at radius 1 is 1.26 bits per heavy atom. The summed E-state index contributed by atoms with van der Waals surface area (Å²) in [6, 6.07) is 12.9. The van der Waals surface area contributed by atoms with Crippen LogP contribution in [0.25, 0.3) is 0 Å². The molecular formula is C15H16BrFN2. The van der Waals surface area contributed by atoms with Crippen molar-refractivity contribution in [1.82, 2.24) is 5.43 Å². The summed E-state index contributed by atoms with van der Waals surface area (Å²) in [6.07, 6.45) is 0.635. The maximum atomic E-state index is 14.0. The molecule has 100 valence electrons. The van der Waals surface area contributed by atoms with Crippen molar-refractivity contribution in [2.75, 3.05) is 0 Å². The van der Waals surface area contributed by atoms with E-state index >= 15 is 0 Å². The van der Waals surface area contributed by atoms with Gasteiger partial charge in [-0.25, -0.2) is 4.39 Å². The van der Waals surface area contributed by atoms with Crippen molar-refractivity contribution in [2.24, 2.45) is 5.84 Å². The lowest BCUT2D eigenvalue weighted by Crippen LogP contribution is -2.30. The van der Waals surface area contributed by atoms with E-state index in [4.69, 9.17) is 5.84 Å². The largest absolute Gasteiger partial charge is 0.271 e. The molecule has 3 N–H and O–H groups in total. The Hall–Kier alpha value is -1.23. The molecule has 2 rings (SSSR count). The first kappa shape index (κ1) is 14.2. The van der Waals surface area contributed by atoms with Crippen molar-refractivity contribution in [3.63, 3.8) is 0 Å². The van der Waals surface area contributed by atoms with Gasteiger partial charge in [-0.2, -0.15) is 0 Å². The monoisotopic (exact) mass is 322 g/mol. The van der Waals surface area contributed by atoms with E-state index in [1.807, 2.05) is 37.3 Å². The number of hydrogen-bond acceptors (Lipinski definition) is 2. The lowest BCUT2D eigenvalue weighted by molar-refractivity contribution is 0.510. The van der Waals surface area contributed by atoms with Crippen molar-refractivity contribution >= 4 is 15.9 Å². The molecular weight excluding hydrogens is 307 g/mol. The van der Waals surface area contributed by atoms with Crippen LogP contribution in [0.3, 0.4) is 0 Å². The topological polar surface area (TPSA) is 38.0 Å². The molecule has 2 aromatic rings. The molecule has 0 saturated carbocycles. The van der Waals surface area contributed by atoms with Gasteiger partial charge in [0.25, 0.3) is 0 Å². The van der Waals surface area contributed by atoms with Gasteiger partial charge in [0, 0.05) is 10.0 Å². The van der Waals surface area contributed by atoms with Crippen molar-refractivity contribution in [2.45, 2.75) is 19.4 Å². The Morgan fingerprint density at radius 3 is 2.68 bits per heavy atom. The molecule has 0 heterocycles. The fraction of sp³-hybridized carbons (Fsp3) is 0.200. The molecule has 0 aliphatic heterocycles. The van der Waals surface area contributed by atoms with E-state index in [9.17, 15) is 4.39 Å². The van der Waals surface area contributed by atoms with E-state index in [0.29, 0.717) is 12.0 Å². The minimum Gasteiger partial charge on any atom is -0.271 e. The second kappa shape index (κ2) is 6.28. The first-order chi connectivity index (χ1) is 9.10. The van der Waals surface area contributed by atoms with Gasteiger partial charge in [-0.15, -0.1) is 0 Å². The Kier molecular flexibility index (Phi) is 4.69. The van der Waals surface area contributed by atoms with Gasteiger partial charge in [-0.1, -0.05) is 40.2 Å². The molecule has 0 aliphatic rings. The van der Waals surface area contributed by atoms with Crippen LogP contribution in [0.4, 0.5) is 4.39 Å².